The number of hydrogen-bond donors (Lipinski definition) is 1. The molecule has 6 heteroatoms. The number of ether oxygens (including phenoxy) is 1. The Bertz CT molecular complexity index is 878. The molecule has 5 nitrogen and oxygen atoms in total. The van der Waals surface area contributed by atoms with E-state index in [4.69, 9.17) is 9.72 Å². The predicted molar refractivity (Wildman–Crippen MR) is 95.4 cm³/mol. The molecule has 0 unspecified atom stereocenters. The van der Waals surface area contributed by atoms with Crippen LogP contribution in [0, 0.1) is 0 Å². The number of carbonyl (C=O) groups is 1. The number of nitrogens with zero attached hydrogens (tertiary/aromatic N) is 2. The zero-order valence-corrected chi connectivity index (χ0v) is 14.8. The number of imidazole rings is 1. The minimum atomic E-state index is -0.882. The number of fused-ring (bicyclic) bond motifs is 1. The molecule has 0 amide bonds. The highest BCUT2D eigenvalue weighted by Gasteiger charge is 2.22. The number of carboxylic acid groups (broad SMARTS) is 1. The molecule has 126 valence electrons. The molecule has 1 aromatic carbocycles. The third-order valence-electron chi connectivity index (χ3n) is 3.97. The normalized spacial score (nSPS) is 11.1. The zero-order valence-electron chi connectivity index (χ0n) is 14.0. The largest absolute Gasteiger partial charge is 0.494 e. The van der Waals surface area contributed by atoms with E-state index in [9.17, 15) is 9.90 Å². The number of hydrogen-bond acceptors (Lipinski definition) is 4. The van der Waals surface area contributed by atoms with E-state index in [0.29, 0.717) is 17.9 Å². The van der Waals surface area contributed by atoms with Crippen LogP contribution in [0.4, 0.5) is 0 Å². The maximum absolute atomic E-state index is 11.5. The van der Waals surface area contributed by atoms with Gasteiger partial charge in [0.15, 0.2) is 4.96 Å². The van der Waals surface area contributed by atoms with Crippen molar-refractivity contribution in [2.75, 3.05) is 6.61 Å². The van der Waals surface area contributed by atoms with Crippen molar-refractivity contribution in [1.82, 2.24) is 9.38 Å². The fourth-order valence-electron chi connectivity index (χ4n) is 2.95. The summed E-state index contributed by atoms with van der Waals surface area (Å²) in [6.45, 7) is 6.64. The van der Waals surface area contributed by atoms with Gasteiger partial charge in [0.1, 0.15) is 10.6 Å². The maximum Gasteiger partial charge on any atom is 0.347 e. The first-order chi connectivity index (χ1) is 11.6. The summed E-state index contributed by atoms with van der Waals surface area (Å²) in [5, 5.41) is 9.40. The van der Waals surface area contributed by atoms with Crippen LogP contribution in [0.1, 0.15) is 41.8 Å². The van der Waals surface area contributed by atoms with E-state index in [1.165, 1.54) is 11.3 Å². The summed E-state index contributed by atoms with van der Waals surface area (Å²) in [7, 11) is 0. The molecule has 0 aliphatic rings. The lowest BCUT2D eigenvalue weighted by atomic mass is 10.1. The Morgan fingerprint density at radius 3 is 2.38 bits per heavy atom. The van der Waals surface area contributed by atoms with Crippen molar-refractivity contribution in [2.24, 2.45) is 0 Å². The minimum absolute atomic E-state index is 0.382. The Labute approximate surface area is 144 Å². The van der Waals surface area contributed by atoms with Crippen LogP contribution in [0.25, 0.3) is 16.2 Å². The molecule has 3 rings (SSSR count). The molecule has 0 atom stereocenters. The van der Waals surface area contributed by atoms with Gasteiger partial charge in [0, 0.05) is 11.3 Å². The molecule has 0 saturated carbocycles. The van der Waals surface area contributed by atoms with Crippen LogP contribution >= 0.6 is 11.3 Å². The highest BCUT2D eigenvalue weighted by molar-refractivity contribution is 7.19. The van der Waals surface area contributed by atoms with Crippen LogP contribution in [0.5, 0.6) is 5.75 Å². The molecule has 0 fully saturated rings. The van der Waals surface area contributed by atoms with Gasteiger partial charge in [-0.15, -0.1) is 0 Å². The SMILES string of the molecule is CCOc1ccc(-c2nc3sc(C(=O)O)c(CC)n3c2CC)cc1. The van der Waals surface area contributed by atoms with Crippen LogP contribution in [0.15, 0.2) is 24.3 Å². The summed E-state index contributed by atoms with van der Waals surface area (Å²) in [4.78, 5) is 17.3. The van der Waals surface area contributed by atoms with Crippen molar-refractivity contribution in [3.8, 4) is 17.0 Å². The van der Waals surface area contributed by atoms with E-state index in [1.54, 1.807) is 0 Å². The van der Waals surface area contributed by atoms with Crippen molar-refractivity contribution in [1.29, 1.82) is 0 Å². The first-order valence-corrected chi connectivity index (χ1v) is 8.91. The average molecular weight is 344 g/mol. The van der Waals surface area contributed by atoms with Gasteiger partial charge in [-0.1, -0.05) is 25.2 Å². The third kappa shape index (κ3) is 2.67. The minimum Gasteiger partial charge on any atom is -0.494 e. The molecule has 0 aliphatic carbocycles. The number of aromatic carboxylic acids is 1. The van der Waals surface area contributed by atoms with Gasteiger partial charge in [-0.3, -0.25) is 4.40 Å². The Morgan fingerprint density at radius 1 is 1.17 bits per heavy atom. The van der Waals surface area contributed by atoms with Gasteiger partial charge in [0.05, 0.1) is 18.0 Å². The maximum atomic E-state index is 11.5. The molecule has 2 heterocycles. The number of benzene rings is 1. The van der Waals surface area contributed by atoms with Crippen LogP contribution in [-0.4, -0.2) is 27.1 Å². The second-order valence-electron chi connectivity index (χ2n) is 5.37. The summed E-state index contributed by atoms with van der Waals surface area (Å²) in [6, 6.07) is 7.88. The average Bonchev–Trinajstić information content (AvgIpc) is 3.11. The number of carboxylic acids is 1. The zero-order chi connectivity index (χ0) is 17.3. The lowest BCUT2D eigenvalue weighted by Gasteiger charge is -2.06. The van der Waals surface area contributed by atoms with Crippen molar-refractivity contribution in [2.45, 2.75) is 33.6 Å². The van der Waals surface area contributed by atoms with Gasteiger partial charge in [-0.05, 0) is 44.0 Å². The van der Waals surface area contributed by atoms with Crippen molar-refractivity contribution >= 4 is 22.3 Å². The number of rotatable bonds is 6. The van der Waals surface area contributed by atoms with Gasteiger partial charge < -0.3 is 9.84 Å². The number of thiazole rings is 1. The summed E-state index contributed by atoms with van der Waals surface area (Å²) < 4.78 is 7.50. The summed E-state index contributed by atoms with van der Waals surface area (Å²) in [5.74, 6) is -0.0465. The third-order valence-corrected chi connectivity index (χ3v) is 5.04. The van der Waals surface area contributed by atoms with Crippen molar-refractivity contribution in [3.05, 3.63) is 40.5 Å². The van der Waals surface area contributed by atoms with Crippen LogP contribution in [-0.2, 0) is 12.8 Å². The standard InChI is InChI=1S/C18H20N2O3S/c1-4-13-15(11-7-9-12(10-8-11)23-6-3)19-18-20(13)14(5-2)16(24-18)17(21)22/h7-10H,4-6H2,1-3H3,(H,21,22). The van der Waals surface area contributed by atoms with E-state index in [2.05, 4.69) is 6.92 Å². The summed E-state index contributed by atoms with van der Waals surface area (Å²) in [6.07, 6.45) is 1.44. The van der Waals surface area contributed by atoms with Crippen LogP contribution in [0.2, 0.25) is 0 Å². The number of aromatic nitrogens is 2. The Balaban J connectivity index is 2.15. The molecule has 3 aromatic rings. The lowest BCUT2D eigenvalue weighted by molar-refractivity contribution is 0.0700. The van der Waals surface area contributed by atoms with E-state index >= 15 is 0 Å². The van der Waals surface area contributed by atoms with E-state index < -0.39 is 5.97 Å². The highest BCUT2D eigenvalue weighted by Crippen LogP contribution is 2.32. The monoisotopic (exact) mass is 344 g/mol. The van der Waals surface area contributed by atoms with Gasteiger partial charge in [-0.25, -0.2) is 9.78 Å². The molecule has 0 bridgehead atoms. The molecule has 24 heavy (non-hydrogen) atoms. The van der Waals surface area contributed by atoms with E-state index in [0.717, 1.165) is 39.8 Å². The fourth-order valence-corrected chi connectivity index (χ4v) is 4.02. The second-order valence-corrected chi connectivity index (χ2v) is 6.35. The van der Waals surface area contributed by atoms with Gasteiger partial charge in [0.2, 0.25) is 0 Å². The first-order valence-electron chi connectivity index (χ1n) is 8.10. The van der Waals surface area contributed by atoms with Gasteiger partial charge >= 0.3 is 5.97 Å². The molecule has 2 aromatic heterocycles. The van der Waals surface area contributed by atoms with E-state index in [-0.39, 0.29) is 0 Å². The predicted octanol–water partition coefficient (Wildman–Crippen LogP) is 4.28. The topological polar surface area (TPSA) is 63.8 Å². The summed E-state index contributed by atoms with van der Waals surface area (Å²) in [5.41, 5.74) is 3.81. The quantitative estimate of drug-likeness (QED) is 0.725. The van der Waals surface area contributed by atoms with Crippen molar-refractivity contribution < 1.29 is 14.6 Å². The first kappa shape index (κ1) is 16.5. The Morgan fingerprint density at radius 2 is 1.83 bits per heavy atom. The second kappa shape index (κ2) is 6.65. The lowest BCUT2D eigenvalue weighted by Crippen LogP contribution is -2.03. The molecule has 0 radical (unpaired) electrons. The number of aryl methyl sites for hydroxylation is 2. The fraction of sp³-hybridized carbons (Fsp3) is 0.333. The Hall–Kier alpha value is -2.34. The van der Waals surface area contributed by atoms with Crippen LogP contribution < -0.4 is 4.74 Å². The molecule has 0 aliphatic heterocycles. The van der Waals surface area contributed by atoms with Crippen molar-refractivity contribution in [3.63, 3.8) is 0 Å². The smallest absolute Gasteiger partial charge is 0.347 e. The molecular weight excluding hydrogens is 324 g/mol. The molecule has 0 saturated heterocycles. The Kier molecular flexibility index (Phi) is 4.57. The van der Waals surface area contributed by atoms with Gasteiger partial charge in [-0.2, -0.15) is 0 Å². The highest BCUT2D eigenvalue weighted by atomic mass is 32.1. The molecule has 0 spiro atoms. The van der Waals surface area contributed by atoms with Crippen LogP contribution in [0.3, 0.4) is 0 Å². The van der Waals surface area contributed by atoms with Gasteiger partial charge in [0.25, 0.3) is 0 Å². The summed E-state index contributed by atoms with van der Waals surface area (Å²) >= 11 is 1.24. The molecule has 1 N–H and O–H groups in total. The molecular formula is C18H20N2O3S. The van der Waals surface area contributed by atoms with E-state index in [1.807, 2.05) is 42.5 Å².